The van der Waals surface area contributed by atoms with Crippen LogP contribution in [0.2, 0.25) is 0 Å². The van der Waals surface area contributed by atoms with E-state index in [1.54, 1.807) is 0 Å². The topological polar surface area (TPSA) is 12.0 Å². The van der Waals surface area contributed by atoms with Crippen LogP contribution in [0.15, 0.2) is 12.2 Å². The molecule has 0 aromatic carbocycles. The molecule has 0 aliphatic rings. The largest absolute Gasteiger partial charge is 0.318 e. The molecular formula is C7H14ClN. The Bertz CT molecular complexity index is 81.0. The average Bonchev–Trinajstić information content (AvgIpc) is 1.85. The van der Waals surface area contributed by atoms with E-state index in [0.29, 0.717) is 0 Å². The van der Waals surface area contributed by atoms with Crippen LogP contribution >= 0.6 is 11.6 Å². The number of hydrogen-bond acceptors (Lipinski definition) is 1. The molecule has 0 aromatic heterocycles. The van der Waals surface area contributed by atoms with Gasteiger partial charge in [-0.15, -0.1) is 11.6 Å². The molecule has 0 aliphatic carbocycles. The SMILES string of the molecule is CC/C=C\C(Cl)CNC. The zero-order chi connectivity index (χ0) is 7.11. The second-order valence-electron chi connectivity index (χ2n) is 1.91. The van der Waals surface area contributed by atoms with Crippen molar-refractivity contribution in [2.45, 2.75) is 18.7 Å². The molecule has 1 N–H and O–H groups in total. The fourth-order valence-corrected chi connectivity index (χ4v) is 0.804. The van der Waals surface area contributed by atoms with Crippen LogP contribution in [-0.2, 0) is 0 Å². The first-order chi connectivity index (χ1) is 4.31. The average molecular weight is 148 g/mol. The van der Waals surface area contributed by atoms with E-state index in [1.165, 1.54) is 0 Å². The van der Waals surface area contributed by atoms with Gasteiger partial charge in [0.1, 0.15) is 0 Å². The maximum atomic E-state index is 5.81. The number of nitrogens with one attached hydrogen (secondary N) is 1. The van der Waals surface area contributed by atoms with Crippen molar-refractivity contribution in [1.29, 1.82) is 0 Å². The minimum atomic E-state index is 0.148. The summed E-state index contributed by atoms with van der Waals surface area (Å²) in [4.78, 5) is 0. The lowest BCUT2D eigenvalue weighted by Crippen LogP contribution is -2.16. The van der Waals surface area contributed by atoms with Gasteiger partial charge in [-0.2, -0.15) is 0 Å². The van der Waals surface area contributed by atoms with E-state index in [4.69, 9.17) is 11.6 Å². The molecule has 0 aromatic rings. The molecule has 0 rings (SSSR count). The first kappa shape index (κ1) is 8.99. The highest BCUT2D eigenvalue weighted by Crippen LogP contribution is 1.95. The quantitative estimate of drug-likeness (QED) is 0.472. The van der Waals surface area contributed by atoms with Crippen LogP contribution in [0.4, 0.5) is 0 Å². The van der Waals surface area contributed by atoms with Gasteiger partial charge in [0, 0.05) is 6.54 Å². The van der Waals surface area contributed by atoms with E-state index in [1.807, 2.05) is 13.1 Å². The minimum Gasteiger partial charge on any atom is -0.318 e. The molecule has 0 heterocycles. The summed E-state index contributed by atoms with van der Waals surface area (Å²) in [6.45, 7) is 2.94. The van der Waals surface area contributed by atoms with E-state index in [2.05, 4.69) is 18.3 Å². The van der Waals surface area contributed by atoms with Crippen molar-refractivity contribution in [2.24, 2.45) is 0 Å². The summed E-state index contributed by atoms with van der Waals surface area (Å²) in [6, 6.07) is 0. The van der Waals surface area contributed by atoms with Gasteiger partial charge >= 0.3 is 0 Å². The number of allylic oxidation sites excluding steroid dienone is 1. The smallest absolute Gasteiger partial charge is 0.0640 e. The molecule has 0 saturated heterocycles. The zero-order valence-electron chi connectivity index (χ0n) is 6.02. The molecular weight excluding hydrogens is 134 g/mol. The molecule has 0 spiro atoms. The maximum Gasteiger partial charge on any atom is 0.0640 e. The Morgan fingerprint density at radius 2 is 2.33 bits per heavy atom. The Morgan fingerprint density at radius 1 is 1.67 bits per heavy atom. The molecule has 0 amide bonds. The van der Waals surface area contributed by atoms with Crippen molar-refractivity contribution in [1.82, 2.24) is 5.32 Å². The van der Waals surface area contributed by atoms with Gasteiger partial charge in [-0.1, -0.05) is 19.1 Å². The van der Waals surface area contributed by atoms with Gasteiger partial charge in [-0.3, -0.25) is 0 Å². The number of halogens is 1. The molecule has 1 nitrogen and oxygen atoms in total. The number of rotatable bonds is 4. The third kappa shape index (κ3) is 5.87. The Hall–Kier alpha value is -0.0100. The van der Waals surface area contributed by atoms with Gasteiger partial charge in [-0.05, 0) is 13.5 Å². The standard InChI is InChI=1S/C7H14ClN/c1-3-4-5-7(8)6-9-2/h4-5,7,9H,3,6H2,1-2H3/b5-4-. The van der Waals surface area contributed by atoms with Crippen LogP contribution in [0.5, 0.6) is 0 Å². The van der Waals surface area contributed by atoms with Crippen LogP contribution in [0.1, 0.15) is 13.3 Å². The highest BCUT2D eigenvalue weighted by Gasteiger charge is 1.93. The van der Waals surface area contributed by atoms with Crippen molar-refractivity contribution in [2.75, 3.05) is 13.6 Å². The van der Waals surface area contributed by atoms with Crippen LogP contribution in [0.3, 0.4) is 0 Å². The summed E-state index contributed by atoms with van der Waals surface area (Å²) in [7, 11) is 1.90. The fraction of sp³-hybridized carbons (Fsp3) is 0.714. The second-order valence-corrected chi connectivity index (χ2v) is 2.47. The number of hydrogen-bond donors (Lipinski definition) is 1. The van der Waals surface area contributed by atoms with Gasteiger partial charge in [0.05, 0.1) is 5.38 Å². The van der Waals surface area contributed by atoms with Gasteiger partial charge in [0.2, 0.25) is 0 Å². The second kappa shape index (κ2) is 6.12. The summed E-state index contributed by atoms with van der Waals surface area (Å²) in [5.74, 6) is 0. The van der Waals surface area contributed by atoms with Gasteiger partial charge in [0.15, 0.2) is 0 Å². The van der Waals surface area contributed by atoms with Crippen LogP contribution in [0.25, 0.3) is 0 Å². The third-order valence-electron chi connectivity index (χ3n) is 0.980. The van der Waals surface area contributed by atoms with Gasteiger partial charge < -0.3 is 5.32 Å². The molecule has 1 unspecified atom stereocenters. The predicted octanol–water partition coefficient (Wildman–Crippen LogP) is 1.78. The van der Waals surface area contributed by atoms with Gasteiger partial charge in [-0.25, -0.2) is 0 Å². The summed E-state index contributed by atoms with van der Waals surface area (Å²) >= 11 is 5.81. The normalized spacial score (nSPS) is 14.6. The highest BCUT2D eigenvalue weighted by molar-refractivity contribution is 6.21. The zero-order valence-corrected chi connectivity index (χ0v) is 6.78. The summed E-state index contributed by atoms with van der Waals surface area (Å²) < 4.78 is 0. The molecule has 9 heavy (non-hydrogen) atoms. The van der Waals surface area contributed by atoms with E-state index >= 15 is 0 Å². The van der Waals surface area contributed by atoms with E-state index in [-0.39, 0.29) is 5.38 Å². The summed E-state index contributed by atoms with van der Waals surface area (Å²) in [6.07, 6.45) is 5.15. The van der Waals surface area contributed by atoms with E-state index < -0.39 is 0 Å². The Balaban J connectivity index is 3.25. The molecule has 1 atom stereocenters. The van der Waals surface area contributed by atoms with Crippen LogP contribution < -0.4 is 5.32 Å². The predicted molar refractivity (Wildman–Crippen MR) is 43.0 cm³/mol. The van der Waals surface area contributed by atoms with Crippen molar-refractivity contribution in [3.8, 4) is 0 Å². The van der Waals surface area contributed by atoms with Crippen molar-refractivity contribution < 1.29 is 0 Å². The first-order valence-electron chi connectivity index (χ1n) is 3.26. The van der Waals surface area contributed by atoms with E-state index in [9.17, 15) is 0 Å². The van der Waals surface area contributed by atoms with Crippen LogP contribution in [-0.4, -0.2) is 19.0 Å². The van der Waals surface area contributed by atoms with Crippen LogP contribution in [0, 0.1) is 0 Å². The monoisotopic (exact) mass is 147 g/mol. The third-order valence-corrected chi connectivity index (χ3v) is 1.28. The van der Waals surface area contributed by atoms with E-state index in [0.717, 1.165) is 13.0 Å². The molecule has 0 bridgehead atoms. The molecule has 0 radical (unpaired) electrons. The van der Waals surface area contributed by atoms with Crippen molar-refractivity contribution >= 4 is 11.6 Å². The van der Waals surface area contributed by atoms with Crippen molar-refractivity contribution in [3.63, 3.8) is 0 Å². The maximum absolute atomic E-state index is 5.81. The Labute approximate surface area is 62.1 Å². The molecule has 0 fully saturated rings. The lowest BCUT2D eigenvalue weighted by atomic mass is 10.3. The summed E-state index contributed by atoms with van der Waals surface area (Å²) in [5.41, 5.74) is 0. The Kier molecular flexibility index (Phi) is 6.11. The Morgan fingerprint density at radius 3 is 2.78 bits per heavy atom. The lowest BCUT2D eigenvalue weighted by molar-refractivity contribution is 0.811. The fourth-order valence-electron chi connectivity index (χ4n) is 0.547. The minimum absolute atomic E-state index is 0.148. The number of alkyl halides is 1. The van der Waals surface area contributed by atoms with Gasteiger partial charge in [0.25, 0.3) is 0 Å². The first-order valence-corrected chi connectivity index (χ1v) is 3.70. The molecule has 0 aliphatic heterocycles. The lowest BCUT2D eigenvalue weighted by Gasteiger charge is -1.99. The molecule has 54 valence electrons. The van der Waals surface area contributed by atoms with Crippen molar-refractivity contribution in [3.05, 3.63) is 12.2 Å². The summed E-state index contributed by atoms with van der Waals surface area (Å²) in [5, 5.41) is 3.14. The highest BCUT2D eigenvalue weighted by atomic mass is 35.5. The molecule has 0 saturated carbocycles. The molecule has 2 heteroatoms.